The van der Waals surface area contributed by atoms with Crippen LogP contribution in [0.4, 0.5) is 13.2 Å². The van der Waals surface area contributed by atoms with Crippen LogP contribution in [-0.2, 0) is 31.3 Å². The van der Waals surface area contributed by atoms with Crippen LogP contribution in [0, 0.1) is 0 Å². The highest BCUT2D eigenvalue weighted by Gasteiger charge is 2.40. The normalized spacial score (nSPS) is 14.5. The Labute approximate surface area is 179 Å². The average Bonchev–Trinajstić information content (AvgIpc) is 2.75. The number of esters is 1. The zero-order chi connectivity index (χ0) is 23.1. The minimum atomic E-state index is -4.42. The summed E-state index contributed by atoms with van der Waals surface area (Å²) in [5.74, 6) is -0.549. The van der Waals surface area contributed by atoms with E-state index in [1.807, 2.05) is 0 Å². The van der Waals surface area contributed by atoms with Crippen LogP contribution in [0.5, 0.6) is 0 Å². The summed E-state index contributed by atoms with van der Waals surface area (Å²) in [6.07, 6.45) is -4.17. The van der Waals surface area contributed by atoms with Gasteiger partial charge in [-0.3, -0.25) is 0 Å². The van der Waals surface area contributed by atoms with Crippen molar-refractivity contribution in [1.29, 1.82) is 0 Å². The number of rotatable bonds is 7. The van der Waals surface area contributed by atoms with E-state index >= 15 is 0 Å². The Morgan fingerprint density at radius 1 is 1.03 bits per heavy atom. The van der Waals surface area contributed by atoms with Crippen molar-refractivity contribution in [2.75, 3.05) is 7.11 Å². The van der Waals surface area contributed by atoms with Gasteiger partial charge >= 0.3 is 12.1 Å². The fourth-order valence-corrected chi connectivity index (χ4v) is 2.88. The van der Waals surface area contributed by atoms with Crippen molar-refractivity contribution < 1.29 is 32.3 Å². The van der Waals surface area contributed by atoms with Crippen LogP contribution in [-0.4, -0.2) is 25.2 Å². The Kier molecular flexibility index (Phi) is 7.85. The number of benzene rings is 2. The summed E-state index contributed by atoms with van der Waals surface area (Å²) in [5, 5.41) is 3.89. The second-order valence-corrected chi connectivity index (χ2v) is 6.91. The second kappa shape index (κ2) is 10.1. The molecule has 0 aliphatic rings. The highest BCUT2D eigenvalue weighted by atomic mass is 19.4. The van der Waals surface area contributed by atoms with E-state index in [9.17, 15) is 18.0 Å². The molecule has 0 fully saturated rings. The van der Waals surface area contributed by atoms with Crippen molar-refractivity contribution in [3.05, 3.63) is 77.4 Å². The first-order valence-electron chi connectivity index (χ1n) is 9.41. The van der Waals surface area contributed by atoms with Crippen LogP contribution < -0.4 is 0 Å². The molecule has 2 aromatic carbocycles. The maximum Gasteiger partial charge on any atom is 0.410 e. The minimum absolute atomic E-state index is 0.0296. The predicted molar refractivity (Wildman–Crippen MR) is 111 cm³/mol. The summed E-state index contributed by atoms with van der Waals surface area (Å²) in [4.78, 5) is 17.8. The van der Waals surface area contributed by atoms with Gasteiger partial charge in [0.1, 0.15) is 6.61 Å². The number of allylic oxidation sites excluding steroid dienone is 2. The first kappa shape index (κ1) is 24.0. The standard InChI is InChI=1S/C23H24F3NO4/c1-16(14-23(24,25)26)20-13-9-8-10-18(20)15-30-17(2)27-31-22(3,21(28)29-4)19-11-6-5-7-12-19/h5-14H,15H2,1-4H3/b16-14+,27-17+. The molecule has 0 saturated heterocycles. The molecule has 0 aromatic heterocycles. The number of nitrogens with zero attached hydrogens (tertiary/aromatic N) is 1. The van der Waals surface area contributed by atoms with Gasteiger partial charge in [-0.15, -0.1) is 0 Å². The van der Waals surface area contributed by atoms with E-state index in [2.05, 4.69) is 5.16 Å². The minimum Gasteiger partial charge on any atom is -0.474 e. The van der Waals surface area contributed by atoms with Crippen molar-refractivity contribution in [3.63, 3.8) is 0 Å². The third kappa shape index (κ3) is 6.60. The van der Waals surface area contributed by atoms with Crippen LogP contribution in [0.3, 0.4) is 0 Å². The molecule has 166 valence electrons. The molecule has 2 rings (SSSR count). The number of carbonyl (C=O) groups is 1. The lowest BCUT2D eigenvalue weighted by Crippen LogP contribution is -2.35. The lowest BCUT2D eigenvalue weighted by Gasteiger charge is -2.24. The first-order valence-corrected chi connectivity index (χ1v) is 9.41. The first-order chi connectivity index (χ1) is 14.6. The fourth-order valence-electron chi connectivity index (χ4n) is 2.88. The molecule has 0 N–H and O–H groups in total. The van der Waals surface area contributed by atoms with Crippen LogP contribution in [0.25, 0.3) is 5.57 Å². The van der Waals surface area contributed by atoms with Crippen LogP contribution in [0.1, 0.15) is 37.5 Å². The summed E-state index contributed by atoms with van der Waals surface area (Å²) in [7, 11) is 1.24. The third-order valence-electron chi connectivity index (χ3n) is 4.52. The fraction of sp³-hybridized carbons (Fsp3) is 0.304. The summed E-state index contributed by atoms with van der Waals surface area (Å²) < 4.78 is 48.5. The number of oxime groups is 1. The summed E-state index contributed by atoms with van der Waals surface area (Å²) >= 11 is 0. The molecule has 1 unspecified atom stereocenters. The number of halogens is 3. The van der Waals surface area contributed by atoms with Gasteiger partial charge in [0.2, 0.25) is 5.90 Å². The molecule has 0 aliphatic carbocycles. The largest absolute Gasteiger partial charge is 0.474 e. The molecule has 0 radical (unpaired) electrons. The van der Waals surface area contributed by atoms with Crippen LogP contribution in [0.15, 0.2) is 65.8 Å². The third-order valence-corrected chi connectivity index (χ3v) is 4.52. The summed E-state index contributed by atoms with van der Waals surface area (Å²) in [6.45, 7) is 4.39. The van der Waals surface area contributed by atoms with Crippen LogP contribution in [0.2, 0.25) is 0 Å². The highest BCUT2D eigenvalue weighted by Crippen LogP contribution is 2.28. The summed E-state index contributed by atoms with van der Waals surface area (Å²) in [6, 6.07) is 15.3. The van der Waals surface area contributed by atoms with E-state index in [4.69, 9.17) is 14.3 Å². The smallest absolute Gasteiger partial charge is 0.410 e. The van der Waals surface area contributed by atoms with Crippen molar-refractivity contribution in [2.45, 2.75) is 39.2 Å². The zero-order valence-corrected chi connectivity index (χ0v) is 17.7. The Morgan fingerprint density at radius 3 is 2.26 bits per heavy atom. The SMILES string of the molecule is COC(=O)C(C)(O/N=C(\C)OCc1ccccc1/C(C)=C/C(F)(F)F)c1ccccc1. The quantitative estimate of drug-likeness (QED) is 0.246. The van der Waals surface area contributed by atoms with Gasteiger partial charge in [0, 0.05) is 18.6 Å². The topological polar surface area (TPSA) is 57.1 Å². The van der Waals surface area contributed by atoms with Gasteiger partial charge in [0.25, 0.3) is 5.60 Å². The van der Waals surface area contributed by atoms with E-state index < -0.39 is 17.7 Å². The Morgan fingerprint density at radius 2 is 1.65 bits per heavy atom. The van der Waals surface area contributed by atoms with Crippen molar-refractivity contribution >= 4 is 17.4 Å². The van der Waals surface area contributed by atoms with E-state index in [1.54, 1.807) is 54.6 Å². The number of alkyl halides is 3. The molecule has 31 heavy (non-hydrogen) atoms. The number of hydrogen-bond acceptors (Lipinski definition) is 5. The molecule has 5 nitrogen and oxygen atoms in total. The Hall–Kier alpha value is -3.29. The lowest BCUT2D eigenvalue weighted by atomic mass is 9.96. The maximum absolute atomic E-state index is 12.7. The predicted octanol–water partition coefficient (Wildman–Crippen LogP) is 5.61. The maximum atomic E-state index is 12.7. The van der Waals surface area contributed by atoms with Crippen molar-refractivity contribution in [1.82, 2.24) is 0 Å². The van der Waals surface area contributed by atoms with Gasteiger partial charge in [0.05, 0.1) is 7.11 Å². The molecule has 0 spiro atoms. The van der Waals surface area contributed by atoms with Gasteiger partial charge in [-0.25, -0.2) is 4.79 Å². The molecule has 0 bridgehead atoms. The van der Waals surface area contributed by atoms with Gasteiger partial charge in [-0.2, -0.15) is 13.2 Å². The van der Waals surface area contributed by atoms with E-state index in [-0.39, 0.29) is 24.2 Å². The number of carbonyl (C=O) groups excluding carboxylic acids is 1. The lowest BCUT2D eigenvalue weighted by molar-refractivity contribution is -0.169. The van der Waals surface area contributed by atoms with E-state index in [1.165, 1.54) is 27.9 Å². The van der Waals surface area contributed by atoms with E-state index in [0.717, 1.165) is 0 Å². The number of ether oxygens (including phenoxy) is 2. The van der Waals surface area contributed by atoms with E-state index in [0.29, 0.717) is 16.7 Å². The molecule has 1 atom stereocenters. The number of methoxy groups -OCH3 is 1. The molecular weight excluding hydrogens is 411 g/mol. The highest BCUT2D eigenvalue weighted by molar-refractivity contribution is 5.81. The average molecular weight is 435 g/mol. The molecule has 0 amide bonds. The molecule has 8 heteroatoms. The zero-order valence-electron chi connectivity index (χ0n) is 17.7. The monoisotopic (exact) mass is 435 g/mol. The van der Waals surface area contributed by atoms with Gasteiger partial charge in [-0.1, -0.05) is 59.8 Å². The molecule has 0 heterocycles. The molecule has 0 aliphatic heterocycles. The number of hydrogen-bond donors (Lipinski definition) is 0. The Balaban J connectivity index is 2.17. The van der Waals surface area contributed by atoms with Crippen molar-refractivity contribution in [2.24, 2.45) is 5.16 Å². The molecule has 2 aromatic rings. The Bertz CT molecular complexity index is 955. The molecule has 0 saturated carbocycles. The second-order valence-electron chi connectivity index (χ2n) is 6.91. The van der Waals surface area contributed by atoms with Crippen molar-refractivity contribution in [3.8, 4) is 0 Å². The van der Waals surface area contributed by atoms with Gasteiger partial charge in [0.15, 0.2) is 0 Å². The summed E-state index contributed by atoms with van der Waals surface area (Å²) in [5.41, 5.74) is 0.0764. The van der Waals surface area contributed by atoms with Crippen LogP contribution >= 0.6 is 0 Å². The molecular formula is C23H24F3NO4. The van der Waals surface area contributed by atoms with Gasteiger partial charge < -0.3 is 14.3 Å². The van der Waals surface area contributed by atoms with Gasteiger partial charge in [-0.05, 0) is 30.5 Å².